The Hall–Kier alpha value is -2.09. The minimum Gasteiger partial charge on any atom is -0.375 e. The average Bonchev–Trinajstić information content (AvgIpc) is 2.42. The number of benzene rings is 2. The Kier molecular flexibility index (Phi) is 3.08. The molecule has 0 spiro atoms. The van der Waals surface area contributed by atoms with Gasteiger partial charge in [0.1, 0.15) is 0 Å². The number of aryl methyl sites for hydroxylation is 1. The van der Waals surface area contributed by atoms with Crippen LogP contribution in [-0.4, -0.2) is 11.8 Å². The normalized spacial score (nSPS) is 17.7. The van der Waals surface area contributed by atoms with Crippen LogP contribution < -0.4 is 5.32 Å². The van der Waals surface area contributed by atoms with Gasteiger partial charge in [0.05, 0.1) is 6.04 Å². The maximum absolute atomic E-state index is 12.2. The van der Waals surface area contributed by atoms with E-state index in [1.165, 1.54) is 11.1 Å². The molecule has 19 heavy (non-hydrogen) atoms. The third-order valence-corrected chi connectivity index (χ3v) is 3.79. The SMILES string of the molecule is Cc1ccccc1C[C@H]1Nc2ccccc2CC1=O. The van der Waals surface area contributed by atoms with Crippen molar-refractivity contribution < 1.29 is 4.79 Å². The van der Waals surface area contributed by atoms with Gasteiger partial charge in [-0.3, -0.25) is 4.79 Å². The molecule has 1 aliphatic rings. The maximum Gasteiger partial charge on any atom is 0.159 e. The number of anilines is 1. The van der Waals surface area contributed by atoms with Crippen molar-refractivity contribution in [1.29, 1.82) is 0 Å². The standard InChI is InChI=1S/C17H17NO/c1-12-6-2-3-7-13(12)10-16-17(19)11-14-8-4-5-9-15(14)18-16/h2-9,16,18H,10-11H2,1H3/t16-/m1/s1. The summed E-state index contributed by atoms with van der Waals surface area (Å²) in [6.07, 6.45) is 1.31. The van der Waals surface area contributed by atoms with Crippen molar-refractivity contribution >= 4 is 11.5 Å². The molecule has 0 bridgehead atoms. The zero-order chi connectivity index (χ0) is 13.2. The van der Waals surface area contributed by atoms with Crippen LogP contribution in [0.5, 0.6) is 0 Å². The second-order valence-corrected chi connectivity index (χ2v) is 5.13. The van der Waals surface area contributed by atoms with Crippen LogP contribution in [0.25, 0.3) is 0 Å². The number of ketones is 1. The quantitative estimate of drug-likeness (QED) is 0.888. The van der Waals surface area contributed by atoms with Crippen LogP contribution >= 0.6 is 0 Å². The molecule has 1 N–H and O–H groups in total. The minimum absolute atomic E-state index is 0.101. The van der Waals surface area contributed by atoms with E-state index in [0.717, 1.165) is 17.7 Å². The molecule has 2 heteroatoms. The van der Waals surface area contributed by atoms with Gasteiger partial charge < -0.3 is 5.32 Å². The summed E-state index contributed by atoms with van der Waals surface area (Å²) in [5, 5.41) is 3.37. The van der Waals surface area contributed by atoms with Gasteiger partial charge in [-0.1, -0.05) is 42.5 Å². The molecule has 2 aromatic rings. The van der Waals surface area contributed by atoms with E-state index in [1.54, 1.807) is 0 Å². The molecule has 1 aliphatic heterocycles. The molecular weight excluding hydrogens is 234 g/mol. The van der Waals surface area contributed by atoms with E-state index in [9.17, 15) is 4.79 Å². The summed E-state index contributed by atoms with van der Waals surface area (Å²) in [7, 11) is 0. The van der Waals surface area contributed by atoms with E-state index in [4.69, 9.17) is 0 Å². The van der Waals surface area contributed by atoms with Gasteiger partial charge in [0, 0.05) is 12.1 Å². The van der Waals surface area contributed by atoms with Crippen LogP contribution in [0.2, 0.25) is 0 Å². The highest BCUT2D eigenvalue weighted by Gasteiger charge is 2.25. The third kappa shape index (κ3) is 2.39. The number of hydrogen-bond donors (Lipinski definition) is 1. The van der Waals surface area contributed by atoms with Gasteiger partial charge in [0.2, 0.25) is 0 Å². The molecule has 0 amide bonds. The van der Waals surface area contributed by atoms with E-state index in [0.29, 0.717) is 6.42 Å². The van der Waals surface area contributed by atoms with Crippen molar-refractivity contribution in [2.45, 2.75) is 25.8 Å². The van der Waals surface area contributed by atoms with Crippen molar-refractivity contribution in [3.8, 4) is 0 Å². The van der Waals surface area contributed by atoms with Crippen molar-refractivity contribution in [3.63, 3.8) is 0 Å². The topological polar surface area (TPSA) is 29.1 Å². The van der Waals surface area contributed by atoms with Gasteiger partial charge in [-0.15, -0.1) is 0 Å². The molecule has 0 saturated carbocycles. The summed E-state index contributed by atoms with van der Waals surface area (Å²) in [6.45, 7) is 2.09. The van der Waals surface area contributed by atoms with Crippen LogP contribution in [0, 0.1) is 6.92 Å². The van der Waals surface area contributed by atoms with Gasteiger partial charge >= 0.3 is 0 Å². The lowest BCUT2D eigenvalue weighted by Gasteiger charge is -2.26. The van der Waals surface area contributed by atoms with Crippen molar-refractivity contribution in [3.05, 3.63) is 65.2 Å². The molecule has 0 radical (unpaired) electrons. The number of carbonyl (C=O) groups is 1. The second-order valence-electron chi connectivity index (χ2n) is 5.13. The summed E-state index contributed by atoms with van der Waals surface area (Å²) in [6, 6.07) is 16.2. The molecule has 1 heterocycles. The zero-order valence-electron chi connectivity index (χ0n) is 11.0. The van der Waals surface area contributed by atoms with Crippen LogP contribution in [0.15, 0.2) is 48.5 Å². The fraction of sp³-hybridized carbons (Fsp3) is 0.235. The van der Waals surface area contributed by atoms with Crippen LogP contribution in [0.4, 0.5) is 5.69 Å². The van der Waals surface area contributed by atoms with Crippen LogP contribution in [-0.2, 0) is 17.6 Å². The predicted molar refractivity (Wildman–Crippen MR) is 77.4 cm³/mol. The van der Waals surface area contributed by atoms with Gasteiger partial charge in [-0.2, -0.15) is 0 Å². The Morgan fingerprint density at radius 2 is 1.84 bits per heavy atom. The zero-order valence-corrected chi connectivity index (χ0v) is 11.0. The summed E-state index contributed by atoms with van der Waals surface area (Å²) in [5.74, 6) is 0.280. The molecule has 0 aromatic heterocycles. The molecule has 0 fully saturated rings. The minimum atomic E-state index is -0.101. The highest BCUT2D eigenvalue weighted by Crippen LogP contribution is 2.24. The summed E-state index contributed by atoms with van der Waals surface area (Å²) >= 11 is 0. The van der Waals surface area contributed by atoms with Crippen molar-refractivity contribution in [1.82, 2.24) is 0 Å². The number of Topliss-reactive ketones (excluding diaryl/α,β-unsaturated/α-hetero) is 1. The molecule has 2 aromatic carbocycles. The summed E-state index contributed by atoms with van der Waals surface area (Å²) in [4.78, 5) is 12.2. The molecular formula is C17H17NO. The fourth-order valence-electron chi connectivity index (χ4n) is 2.62. The molecule has 0 unspecified atom stereocenters. The summed E-state index contributed by atoms with van der Waals surface area (Å²) in [5.41, 5.74) is 4.69. The van der Waals surface area contributed by atoms with E-state index < -0.39 is 0 Å². The van der Waals surface area contributed by atoms with Crippen LogP contribution in [0.1, 0.15) is 16.7 Å². The Morgan fingerprint density at radius 3 is 2.68 bits per heavy atom. The molecule has 2 nitrogen and oxygen atoms in total. The number of carbonyl (C=O) groups excluding carboxylic acids is 1. The largest absolute Gasteiger partial charge is 0.375 e. The average molecular weight is 251 g/mol. The van der Waals surface area contributed by atoms with E-state index in [2.05, 4.69) is 24.4 Å². The number of para-hydroxylation sites is 1. The molecule has 0 saturated heterocycles. The van der Waals surface area contributed by atoms with Gasteiger partial charge in [0.15, 0.2) is 5.78 Å². The van der Waals surface area contributed by atoms with Gasteiger partial charge in [-0.05, 0) is 36.1 Å². The Bertz CT molecular complexity index is 618. The first-order valence-electron chi connectivity index (χ1n) is 6.66. The third-order valence-electron chi connectivity index (χ3n) is 3.79. The molecule has 3 rings (SSSR count). The lowest BCUT2D eigenvalue weighted by molar-refractivity contribution is -0.119. The smallest absolute Gasteiger partial charge is 0.159 e. The Morgan fingerprint density at radius 1 is 1.11 bits per heavy atom. The maximum atomic E-state index is 12.2. The van der Waals surface area contributed by atoms with Gasteiger partial charge in [-0.25, -0.2) is 0 Å². The van der Waals surface area contributed by atoms with E-state index >= 15 is 0 Å². The molecule has 96 valence electrons. The Balaban J connectivity index is 1.84. The predicted octanol–water partition coefficient (Wildman–Crippen LogP) is 3.14. The first-order valence-corrected chi connectivity index (χ1v) is 6.66. The van der Waals surface area contributed by atoms with Crippen molar-refractivity contribution in [2.75, 3.05) is 5.32 Å². The van der Waals surface area contributed by atoms with Gasteiger partial charge in [0.25, 0.3) is 0 Å². The monoisotopic (exact) mass is 251 g/mol. The van der Waals surface area contributed by atoms with Crippen LogP contribution in [0.3, 0.4) is 0 Å². The second kappa shape index (κ2) is 4.88. The number of nitrogens with one attached hydrogen (secondary N) is 1. The summed E-state index contributed by atoms with van der Waals surface area (Å²) < 4.78 is 0. The van der Waals surface area contributed by atoms with Crippen molar-refractivity contribution in [2.24, 2.45) is 0 Å². The first-order chi connectivity index (χ1) is 9.24. The fourth-order valence-corrected chi connectivity index (χ4v) is 2.62. The highest BCUT2D eigenvalue weighted by atomic mass is 16.1. The molecule has 0 aliphatic carbocycles. The lowest BCUT2D eigenvalue weighted by atomic mass is 9.91. The number of fused-ring (bicyclic) bond motifs is 1. The van der Waals surface area contributed by atoms with E-state index in [-0.39, 0.29) is 11.8 Å². The Labute approximate surface area is 113 Å². The molecule has 1 atom stereocenters. The first kappa shape index (κ1) is 12.0. The lowest BCUT2D eigenvalue weighted by Crippen LogP contribution is -2.37. The number of hydrogen-bond acceptors (Lipinski definition) is 2. The van der Waals surface area contributed by atoms with E-state index in [1.807, 2.05) is 36.4 Å². The highest BCUT2D eigenvalue weighted by molar-refractivity contribution is 5.93. The number of rotatable bonds is 2.